The lowest BCUT2D eigenvalue weighted by atomic mass is 10.3. The van der Waals surface area contributed by atoms with Crippen LogP contribution >= 0.6 is 0 Å². The molecule has 1 aliphatic rings. The van der Waals surface area contributed by atoms with Crippen molar-refractivity contribution in [1.29, 1.82) is 0 Å². The minimum atomic E-state index is -3.77. The third-order valence-electron chi connectivity index (χ3n) is 2.18. The van der Waals surface area contributed by atoms with Gasteiger partial charge in [-0.05, 0) is 12.8 Å². The van der Waals surface area contributed by atoms with Gasteiger partial charge >= 0.3 is 5.97 Å². The summed E-state index contributed by atoms with van der Waals surface area (Å²) in [6.45, 7) is 0.0304. The summed E-state index contributed by atoms with van der Waals surface area (Å²) in [5, 5.41) is 17.3. The van der Waals surface area contributed by atoms with E-state index in [-0.39, 0.29) is 0 Å². The fraction of sp³-hybridized carbons (Fsp3) is 0.857. The van der Waals surface area contributed by atoms with Crippen LogP contribution in [0, 0.1) is 0 Å². The highest BCUT2D eigenvalue weighted by atomic mass is 32.2. The molecule has 1 saturated heterocycles. The van der Waals surface area contributed by atoms with Gasteiger partial charge in [0.2, 0.25) is 0 Å². The summed E-state index contributed by atoms with van der Waals surface area (Å²) < 4.78 is 26.2. The van der Waals surface area contributed by atoms with Gasteiger partial charge in [0, 0.05) is 13.1 Å². The molecule has 0 saturated carbocycles. The molecule has 0 aromatic heterocycles. The SMILES string of the molecule is O=C(O)C(CO)NS(=O)(=O)N1CCCC1. The first-order valence-corrected chi connectivity index (χ1v) is 6.02. The van der Waals surface area contributed by atoms with E-state index < -0.39 is 28.8 Å². The van der Waals surface area contributed by atoms with Crippen LogP contribution in [0.3, 0.4) is 0 Å². The van der Waals surface area contributed by atoms with Gasteiger partial charge in [-0.15, -0.1) is 0 Å². The van der Waals surface area contributed by atoms with Crippen molar-refractivity contribution in [3.63, 3.8) is 0 Å². The third kappa shape index (κ3) is 3.13. The maximum Gasteiger partial charge on any atom is 0.324 e. The van der Waals surface area contributed by atoms with Gasteiger partial charge in [-0.3, -0.25) is 4.79 Å². The Morgan fingerprint density at radius 1 is 1.40 bits per heavy atom. The molecule has 7 nitrogen and oxygen atoms in total. The van der Waals surface area contributed by atoms with Crippen molar-refractivity contribution < 1.29 is 23.4 Å². The first-order valence-electron chi connectivity index (χ1n) is 4.58. The van der Waals surface area contributed by atoms with Crippen molar-refractivity contribution in [2.75, 3.05) is 19.7 Å². The zero-order valence-corrected chi connectivity index (χ0v) is 8.90. The van der Waals surface area contributed by atoms with E-state index in [1.165, 1.54) is 4.31 Å². The molecule has 1 rings (SSSR count). The van der Waals surface area contributed by atoms with Crippen molar-refractivity contribution in [3.05, 3.63) is 0 Å². The van der Waals surface area contributed by atoms with E-state index in [0.717, 1.165) is 12.8 Å². The quantitative estimate of drug-likeness (QED) is 0.532. The summed E-state index contributed by atoms with van der Waals surface area (Å²) in [5.74, 6) is -1.39. The van der Waals surface area contributed by atoms with E-state index in [2.05, 4.69) is 0 Å². The number of aliphatic hydroxyl groups excluding tert-OH is 1. The summed E-state index contributed by atoms with van der Waals surface area (Å²) in [6.07, 6.45) is 1.55. The van der Waals surface area contributed by atoms with Crippen LogP contribution in [0.1, 0.15) is 12.8 Å². The smallest absolute Gasteiger partial charge is 0.324 e. The lowest BCUT2D eigenvalue weighted by Crippen LogP contribution is -2.49. The molecule has 1 aliphatic heterocycles. The highest BCUT2D eigenvalue weighted by Crippen LogP contribution is 2.11. The average molecular weight is 238 g/mol. The normalized spacial score (nSPS) is 20.3. The zero-order chi connectivity index (χ0) is 11.5. The minimum Gasteiger partial charge on any atom is -0.480 e. The van der Waals surface area contributed by atoms with Crippen LogP contribution in [0.25, 0.3) is 0 Å². The molecule has 1 fully saturated rings. The largest absolute Gasteiger partial charge is 0.480 e. The van der Waals surface area contributed by atoms with E-state index in [1.807, 2.05) is 4.72 Å². The first-order chi connectivity index (χ1) is 6.97. The van der Waals surface area contributed by atoms with Crippen LogP contribution in [-0.4, -0.2) is 54.6 Å². The van der Waals surface area contributed by atoms with Gasteiger partial charge < -0.3 is 10.2 Å². The highest BCUT2D eigenvalue weighted by Gasteiger charge is 2.30. The minimum absolute atomic E-state index is 0.396. The van der Waals surface area contributed by atoms with Crippen LogP contribution in [0.5, 0.6) is 0 Å². The van der Waals surface area contributed by atoms with E-state index in [4.69, 9.17) is 10.2 Å². The van der Waals surface area contributed by atoms with Crippen LogP contribution in [0.15, 0.2) is 0 Å². The van der Waals surface area contributed by atoms with E-state index in [0.29, 0.717) is 13.1 Å². The molecule has 0 aliphatic carbocycles. The summed E-state index contributed by atoms with van der Waals surface area (Å²) in [4.78, 5) is 10.5. The number of carbonyl (C=O) groups is 1. The Morgan fingerprint density at radius 3 is 2.33 bits per heavy atom. The molecule has 0 aromatic carbocycles. The Labute approximate surface area is 87.9 Å². The molecule has 0 bridgehead atoms. The lowest BCUT2D eigenvalue weighted by molar-refractivity contribution is -0.139. The second-order valence-electron chi connectivity index (χ2n) is 3.30. The molecule has 1 atom stereocenters. The number of hydrogen-bond donors (Lipinski definition) is 3. The predicted octanol–water partition coefficient (Wildman–Crippen LogP) is -1.64. The maximum absolute atomic E-state index is 11.5. The number of carboxylic acids is 1. The number of aliphatic hydroxyl groups is 1. The fourth-order valence-corrected chi connectivity index (χ4v) is 2.77. The zero-order valence-electron chi connectivity index (χ0n) is 8.09. The van der Waals surface area contributed by atoms with Crippen molar-refractivity contribution in [2.45, 2.75) is 18.9 Å². The Morgan fingerprint density at radius 2 is 1.93 bits per heavy atom. The van der Waals surface area contributed by atoms with Gasteiger partial charge in [-0.1, -0.05) is 0 Å². The summed E-state index contributed by atoms with van der Waals surface area (Å²) in [5.41, 5.74) is 0. The van der Waals surface area contributed by atoms with Gasteiger partial charge in [-0.25, -0.2) is 0 Å². The number of carboxylic acid groups (broad SMARTS) is 1. The molecule has 1 heterocycles. The van der Waals surface area contributed by atoms with E-state index >= 15 is 0 Å². The highest BCUT2D eigenvalue weighted by molar-refractivity contribution is 7.87. The summed E-state index contributed by atoms with van der Waals surface area (Å²) in [7, 11) is -3.77. The summed E-state index contributed by atoms with van der Waals surface area (Å²) >= 11 is 0. The monoisotopic (exact) mass is 238 g/mol. The molecule has 0 radical (unpaired) electrons. The van der Waals surface area contributed by atoms with E-state index in [1.54, 1.807) is 0 Å². The lowest BCUT2D eigenvalue weighted by Gasteiger charge is -2.18. The summed E-state index contributed by atoms with van der Waals surface area (Å²) in [6, 6.07) is -1.48. The Bertz CT molecular complexity index is 322. The Kier molecular flexibility index (Phi) is 4.03. The van der Waals surface area contributed by atoms with Crippen LogP contribution in [0.4, 0.5) is 0 Å². The molecule has 15 heavy (non-hydrogen) atoms. The Hall–Kier alpha value is -0.700. The molecule has 8 heteroatoms. The maximum atomic E-state index is 11.5. The number of hydrogen-bond acceptors (Lipinski definition) is 4. The Balaban J connectivity index is 2.65. The molecule has 1 unspecified atom stereocenters. The van der Waals surface area contributed by atoms with E-state index in [9.17, 15) is 13.2 Å². The topological polar surface area (TPSA) is 107 Å². The van der Waals surface area contributed by atoms with Crippen LogP contribution in [-0.2, 0) is 15.0 Å². The molecule has 0 spiro atoms. The number of nitrogens with one attached hydrogen (secondary N) is 1. The predicted molar refractivity (Wildman–Crippen MR) is 51.4 cm³/mol. The molecular weight excluding hydrogens is 224 g/mol. The molecule has 0 aromatic rings. The van der Waals surface area contributed by atoms with Gasteiger partial charge in [-0.2, -0.15) is 17.4 Å². The fourth-order valence-electron chi connectivity index (χ4n) is 1.35. The molecule has 88 valence electrons. The van der Waals surface area contributed by atoms with Gasteiger partial charge in [0.05, 0.1) is 6.61 Å². The number of rotatable bonds is 5. The second kappa shape index (κ2) is 4.88. The molecular formula is C7H14N2O5S. The average Bonchev–Trinajstić information content (AvgIpc) is 2.67. The number of aliphatic carboxylic acids is 1. The second-order valence-corrected chi connectivity index (χ2v) is 5.00. The van der Waals surface area contributed by atoms with Gasteiger partial charge in [0.25, 0.3) is 10.2 Å². The number of nitrogens with zero attached hydrogens (tertiary/aromatic N) is 1. The van der Waals surface area contributed by atoms with Crippen molar-refractivity contribution in [3.8, 4) is 0 Å². The van der Waals surface area contributed by atoms with Gasteiger partial charge in [0.15, 0.2) is 0 Å². The molecule has 3 N–H and O–H groups in total. The van der Waals surface area contributed by atoms with Crippen LogP contribution < -0.4 is 4.72 Å². The van der Waals surface area contributed by atoms with Crippen LogP contribution in [0.2, 0.25) is 0 Å². The van der Waals surface area contributed by atoms with Crippen molar-refractivity contribution in [1.82, 2.24) is 9.03 Å². The standard InChI is InChI=1S/C7H14N2O5S/c10-5-6(7(11)12)8-15(13,14)9-3-1-2-4-9/h6,8,10H,1-5H2,(H,11,12). The van der Waals surface area contributed by atoms with Crippen molar-refractivity contribution in [2.24, 2.45) is 0 Å². The molecule has 0 amide bonds. The third-order valence-corrected chi connectivity index (χ3v) is 3.80. The van der Waals surface area contributed by atoms with Crippen molar-refractivity contribution >= 4 is 16.2 Å². The van der Waals surface area contributed by atoms with Gasteiger partial charge in [0.1, 0.15) is 6.04 Å². The first kappa shape index (κ1) is 12.4.